The molecule has 1 aromatic heterocycles. The van der Waals surface area contributed by atoms with Crippen molar-refractivity contribution in [1.29, 1.82) is 0 Å². The zero-order chi connectivity index (χ0) is 23.9. The van der Waals surface area contributed by atoms with Crippen molar-refractivity contribution in [3.63, 3.8) is 0 Å². The van der Waals surface area contributed by atoms with E-state index in [0.717, 1.165) is 18.0 Å². The second-order valence-corrected chi connectivity index (χ2v) is 8.81. The van der Waals surface area contributed by atoms with E-state index in [1.165, 1.54) is 23.8 Å². The molecule has 2 heterocycles. The maximum absolute atomic E-state index is 13.4. The van der Waals surface area contributed by atoms with Crippen LogP contribution in [0, 0.1) is 5.82 Å². The van der Waals surface area contributed by atoms with Crippen molar-refractivity contribution < 1.29 is 23.6 Å². The van der Waals surface area contributed by atoms with E-state index in [-0.39, 0.29) is 18.2 Å². The molecule has 1 fully saturated rings. The van der Waals surface area contributed by atoms with Gasteiger partial charge in [0.25, 0.3) is 5.91 Å². The largest absolute Gasteiger partial charge is 0.390 e. The number of halogens is 1. The van der Waals surface area contributed by atoms with E-state index in [9.17, 15) is 14.3 Å². The molecule has 0 radical (unpaired) electrons. The van der Waals surface area contributed by atoms with Crippen LogP contribution in [-0.4, -0.2) is 53.0 Å². The standard InChI is InChI=1S/C26H30FN3O4/c1-30(16-18-6-3-2-4-7-18)17-23-14-21(29-34-23)13-22-10-11-24(31)25(33-22)15-28-26(32)19-8-5-9-20(27)12-19/h2-9,12,14,22,24-25,31H,10-11,13,15-17H2,1H3,(H,28,32)/t22-,24-,25+/m0/s1. The molecule has 0 unspecified atom stereocenters. The summed E-state index contributed by atoms with van der Waals surface area (Å²) in [6.07, 6.45) is 0.455. The minimum absolute atomic E-state index is 0.139. The number of aliphatic hydroxyl groups is 1. The molecular weight excluding hydrogens is 437 g/mol. The van der Waals surface area contributed by atoms with E-state index in [4.69, 9.17) is 9.26 Å². The summed E-state index contributed by atoms with van der Waals surface area (Å²) in [5.41, 5.74) is 2.26. The average molecular weight is 468 g/mol. The lowest BCUT2D eigenvalue weighted by Gasteiger charge is -2.33. The van der Waals surface area contributed by atoms with Gasteiger partial charge < -0.3 is 19.7 Å². The Hall–Kier alpha value is -3.07. The Bertz CT molecular complexity index is 1070. The molecule has 1 saturated heterocycles. The van der Waals surface area contributed by atoms with Gasteiger partial charge in [0.05, 0.1) is 24.4 Å². The van der Waals surface area contributed by atoms with E-state index in [1.807, 2.05) is 31.3 Å². The molecule has 0 saturated carbocycles. The first-order valence-corrected chi connectivity index (χ1v) is 11.5. The summed E-state index contributed by atoms with van der Waals surface area (Å²) >= 11 is 0. The lowest BCUT2D eigenvalue weighted by Crippen LogP contribution is -2.46. The maximum Gasteiger partial charge on any atom is 0.251 e. The van der Waals surface area contributed by atoms with Crippen molar-refractivity contribution in [2.24, 2.45) is 0 Å². The molecule has 34 heavy (non-hydrogen) atoms. The Morgan fingerprint density at radius 3 is 2.76 bits per heavy atom. The highest BCUT2D eigenvalue weighted by Crippen LogP contribution is 2.23. The van der Waals surface area contributed by atoms with Gasteiger partial charge in [0.2, 0.25) is 0 Å². The van der Waals surface area contributed by atoms with Gasteiger partial charge in [-0.25, -0.2) is 4.39 Å². The number of benzene rings is 2. The summed E-state index contributed by atoms with van der Waals surface area (Å²) in [6.45, 7) is 1.59. The van der Waals surface area contributed by atoms with Crippen LogP contribution in [0.2, 0.25) is 0 Å². The predicted molar refractivity (Wildman–Crippen MR) is 124 cm³/mol. The monoisotopic (exact) mass is 467 g/mol. The molecule has 2 aromatic carbocycles. The number of nitrogens with one attached hydrogen (secondary N) is 1. The fourth-order valence-corrected chi connectivity index (χ4v) is 4.18. The van der Waals surface area contributed by atoms with Crippen LogP contribution in [-0.2, 0) is 24.2 Å². The molecule has 3 aromatic rings. The third-order valence-corrected chi connectivity index (χ3v) is 5.90. The van der Waals surface area contributed by atoms with Gasteiger partial charge in [0, 0.05) is 31.1 Å². The number of nitrogens with zero attached hydrogens (tertiary/aromatic N) is 2. The number of aliphatic hydroxyl groups excluding tert-OH is 1. The fourth-order valence-electron chi connectivity index (χ4n) is 4.18. The van der Waals surface area contributed by atoms with Crippen LogP contribution in [0.1, 0.15) is 40.2 Å². The van der Waals surface area contributed by atoms with Gasteiger partial charge >= 0.3 is 0 Å². The number of rotatable bonds is 9. The molecule has 1 aliphatic heterocycles. The Morgan fingerprint density at radius 2 is 1.97 bits per heavy atom. The number of carbonyl (C=O) groups excluding carboxylic acids is 1. The molecular formula is C26H30FN3O4. The molecule has 1 amide bonds. The summed E-state index contributed by atoms with van der Waals surface area (Å²) in [5.74, 6) is -0.0960. The summed E-state index contributed by atoms with van der Waals surface area (Å²) in [6, 6.07) is 17.7. The third kappa shape index (κ3) is 6.72. The van der Waals surface area contributed by atoms with Crippen molar-refractivity contribution in [2.75, 3.05) is 13.6 Å². The highest BCUT2D eigenvalue weighted by atomic mass is 19.1. The first-order chi connectivity index (χ1) is 16.5. The van der Waals surface area contributed by atoms with E-state index in [1.54, 1.807) is 6.07 Å². The molecule has 4 rings (SSSR count). The normalized spacial score (nSPS) is 20.4. The molecule has 2 N–H and O–H groups in total. The van der Waals surface area contributed by atoms with Crippen LogP contribution in [0.4, 0.5) is 4.39 Å². The second kappa shape index (κ2) is 11.4. The van der Waals surface area contributed by atoms with Gasteiger partial charge in [-0.15, -0.1) is 0 Å². The van der Waals surface area contributed by atoms with Gasteiger partial charge in [-0.2, -0.15) is 0 Å². The number of carbonyl (C=O) groups is 1. The topological polar surface area (TPSA) is 87.8 Å². The number of amides is 1. The minimum atomic E-state index is -0.677. The van der Waals surface area contributed by atoms with Crippen LogP contribution < -0.4 is 5.32 Å². The minimum Gasteiger partial charge on any atom is -0.390 e. The van der Waals surface area contributed by atoms with Crippen molar-refractivity contribution in [3.05, 3.63) is 89.1 Å². The highest BCUT2D eigenvalue weighted by molar-refractivity contribution is 5.94. The summed E-state index contributed by atoms with van der Waals surface area (Å²) < 4.78 is 24.9. The number of hydrogen-bond acceptors (Lipinski definition) is 6. The quantitative estimate of drug-likeness (QED) is 0.502. The molecule has 0 aliphatic carbocycles. The second-order valence-electron chi connectivity index (χ2n) is 8.81. The van der Waals surface area contributed by atoms with Gasteiger partial charge in [0.1, 0.15) is 11.9 Å². The van der Waals surface area contributed by atoms with E-state index in [0.29, 0.717) is 25.8 Å². The fraction of sp³-hybridized carbons (Fsp3) is 0.385. The molecule has 0 bridgehead atoms. The highest BCUT2D eigenvalue weighted by Gasteiger charge is 2.31. The van der Waals surface area contributed by atoms with Gasteiger partial charge in [-0.3, -0.25) is 9.69 Å². The lowest BCUT2D eigenvalue weighted by molar-refractivity contribution is -0.114. The van der Waals surface area contributed by atoms with Crippen LogP contribution in [0.3, 0.4) is 0 Å². The Labute approximate surface area is 198 Å². The molecule has 7 nitrogen and oxygen atoms in total. The molecule has 1 aliphatic rings. The molecule has 8 heteroatoms. The van der Waals surface area contributed by atoms with E-state index >= 15 is 0 Å². The predicted octanol–water partition coefficient (Wildman–Crippen LogP) is 3.33. The summed E-state index contributed by atoms with van der Waals surface area (Å²) in [5, 5.41) is 17.2. The Balaban J connectivity index is 1.26. The SMILES string of the molecule is CN(Cc1ccccc1)Cc1cc(C[C@@H]2CC[C@H](O)[C@@H](CNC(=O)c3cccc(F)c3)O2)no1. The van der Waals surface area contributed by atoms with Crippen LogP contribution in [0.25, 0.3) is 0 Å². The van der Waals surface area contributed by atoms with Crippen LogP contribution in [0.15, 0.2) is 65.2 Å². The van der Waals surface area contributed by atoms with E-state index in [2.05, 4.69) is 27.5 Å². The molecule has 0 spiro atoms. The maximum atomic E-state index is 13.4. The zero-order valence-corrected chi connectivity index (χ0v) is 19.2. The average Bonchev–Trinajstić information content (AvgIpc) is 3.26. The summed E-state index contributed by atoms with van der Waals surface area (Å²) in [4.78, 5) is 14.4. The van der Waals surface area contributed by atoms with Crippen LogP contribution in [0.5, 0.6) is 0 Å². The number of hydrogen-bond donors (Lipinski definition) is 2. The van der Waals surface area contributed by atoms with Crippen molar-refractivity contribution in [1.82, 2.24) is 15.4 Å². The zero-order valence-electron chi connectivity index (χ0n) is 19.2. The Kier molecular flexibility index (Phi) is 8.05. The molecule has 180 valence electrons. The van der Waals surface area contributed by atoms with Gasteiger partial charge in [0.15, 0.2) is 5.76 Å². The van der Waals surface area contributed by atoms with Crippen molar-refractivity contribution in [3.8, 4) is 0 Å². The molecule has 3 atom stereocenters. The van der Waals surface area contributed by atoms with Crippen molar-refractivity contribution >= 4 is 5.91 Å². The van der Waals surface area contributed by atoms with Crippen molar-refractivity contribution in [2.45, 2.75) is 50.7 Å². The summed E-state index contributed by atoms with van der Waals surface area (Å²) in [7, 11) is 2.03. The first-order valence-electron chi connectivity index (χ1n) is 11.5. The van der Waals surface area contributed by atoms with E-state index < -0.39 is 23.9 Å². The van der Waals surface area contributed by atoms with Gasteiger partial charge in [-0.05, 0) is 43.7 Å². The Morgan fingerprint density at radius 1 is 1.15 bits per heavy atom. The number of aromatic nitrogens is 1. The third-order valence-electron chi connectivity index (χ3n) is 5.90. The number of ether oxygens (including phenoxy) is 1. The smallest absolute Gasteiger partial charge is 0.251 e. The lowest BCUT2D eigenvalue weighted by atomic mass is 9.98. The first kappa shape index (κ1) is 24.1. The van der Waals surface area contributed by atoms with Crippen LogP contribution >= 0.6 is 0 Å². The van der Waals surface area contributed by atoms with Gasteiger partial charge in [-0.1, -0.05) is 41.6 Å².